The van der Waals surface area contributed by atoms with Gasteiger partial charge in [-0.2, -0.15) is 4.98 Å². The first kappa shape index (κ1) is 14.3. The molecule has 2 rings (SSSR count). The maximum Gasteiger partial charge on any atom is 0.409 e. The molecule has 1 fully saturated rings. The molecule has 0 bridgehead atoms. The largest absolute Gasteiger partial charge is 0.450 e. The van der Waals surface area contributed by atoms with Crippen LogP contribution in [0.5, 0.6) is 0 Å². The maximum atomic E-state index is 12.0. The Kier molecular flexibility index (Phi) is 4.54. The van der Waals surface area contributed by atoms with Crippen LogP contribution in [-0.4, -0.2) is 64.7 Å². The molecule has 110 valence electrons. The highest BCUT2D eigenvalue weighted by atomic mass is 16.6. The van der Waals surface area contributed by atoms with Gasteiger partial charge in [-0.15, -0.1) is 0 Å². The van der Waals surface area contributed by atoms with E-state index in [9.17, 15) is 9.59 Å². The zero-order valence-electron chi connectivity index (χ0n) is 11.7. The maximum absolute atomic E-state index is 12.0. The monoisotopic (exact) mass is 282 g/mol. The van der Waals surface area contributed by atoms with Crippen LogP contribution in [0, 0.1) is 6.92 Å². The highest BCUT2D eigenvalue weighted by Gasteiger charge is 2.25. The SMILES string of the molecule is CCOC(=O)N1CCN(C(=O)Cc2noc(C)n2)CC1. The molecule has 0 aromatic carbocycles. The standard InChI is InChI=1S/C12H18N4O4/c1-3-19-12(18)16-6-4-15(5-7-16)11(17)8-10-13-9(2)20-14-10/h3-8H2,1-2H3. The molecule has 0 aliphatic carbocycles. The summed E-state index contributed by atoms with van der Waals surface area (Å²) >= 11 is 0. The van der Waals surface area contributed by atoms with Crippen molar-refractivity contribution in [3.63, 3.8) is 0 Å². The van der Waals surface area contributed by atoms with E-state index < -0.39 is 0 Å². The Morgan fingerprint density at radius 2 is 1.90 bits per heavy atom. The molecule has 1 aromatic rings. The molecule has 0 atom stereocenters. The molecule has 8 nitrogen and oxygen atoms in total. The van der Waals surface area contributed by atoms with Crippen molar-refractivity contribution >= 4 is 12.0 Å². The van der Waals surface area contributed by atoms with Crippen molar-refractivity contribution in [2.75, 3.05) is 32.8 Å². The van der Waals surface area contributed by atoms with Crippen LogP contribution in [0.3, 0.4) is 0 Å². The molecule has 0 N–H and O–H groups in total. The van der Waals surface area contributed by atoms with Crippen LogP contribution in [0.25, 0.3) is 0 Å². The number of aromatic nitrogens is 2. The molecule has 2 heterocycles. The van der Waals surface area contributed by atoms with Crippen molar-refractivity contribution in [1.82, 2.24) is 19.9 Å². The van der Waals surface area contributed by atoms with Gasteiger partial charge in [0.25, 0.3) is 0 Å². The van der Waals surface area contributed by atoms with Crippen LogP contribution in [-0.2, 0) is 16.0 Å². The summed E-state index contributed by atoms with van der Waals surface area (Å²) in [5.41, 5.74) is 0. The van der Waals surface area contributed by atoms with E-state index in [2.05, 4.69) is 10.1 Å². The minimum absolute atomic E-state index is 0.0608. The molecular weight excluding hydrogens is 264 g/mol. The summed E-state index contributed by atoms with van der Waals surface area (Å²) in [5.74, 6) is 0.773. The van der Waals surface area contributed by atoms with Gasteiger partial charge in [-0.3, -0.25) is 4.79 Å². The third-order valence-corrected chi connectivity index (χ3v) is 3.04. The summed E-state index contributed by atoms with van der Waals surface area (Å²) in [7, 11) is 0. The lowest BCUT2D eigenvalue weighted by atomic mass is 10.3. The summed E-state index contributed by atoms with van der Waals surface area (Å²) < 4.78 is 9.75. The third kappa shape index (κ3) is 3.46. The van der Waals surface area contributed by atoms with Gasteiger partial charge in [0, 0.05) is 33.1 Å². The molecule has 0 unspecified atom stereocenters. The second-order valence-electron chi connectivity index (χ2n) is 4.47. The second-order valence-corrected chi connectivity index (χ2v) is 4.47. The van der Waals surface area contributed by atoms with Gasteiger partial charge in [-0.1, -0.05) is 5.16 Å². The summed E-state index contributed by atoms with van der Waals surface area (Å²) in [5, 5.41) is 3.70. The minimum Gasteiger partial charge on any atom is -0.450 e. The average molecular weight is 282 g/mol. The Labute approximate surface area is 116 Å². The first-order valence-electron chi connectivity index (χ1n) is 6.58. The van der Waals surface area contributed by atoms with Crippen molar-refractivity contribution in [1.29, 1.82) is 0 Å². The molecule has 0 spiro atoms. The number of carbonyl (C=O) groups is 2. The van der Waals surface area contributed by atoms with E-state index >= 15 is 0 Å². The van der Waals surface area contributed by atoms with Gasteiger partial charge in [-0.25, -0.2) is 4.79 Å². The van der Waals surface area contributed by atoms with Gasteiger partial charge in [0.15, 0.2) is 5.82 Å². The highest BCUT2D eigenvalue weighted by molar-refractivity contribution is 5.78. The Morgan fingerprint density at radius 3 is 2.45 bits per heavy atom. The number of rotatable bonds is 3. The van der Waals surface area contributed by atoms with Crippen LogP contribution in [0.1, 0.15) is 18.6 Å². The number of ether oxygens (including phenoxy) is 1. The minimum atomic E-state index is -0.326. The number of piperazine rings is 1. The van der Waals surface area contributed by atoms with E-state index in [1.807, 2.05) is 0 Å². The number of carbonyl (C=O) groups excluding carboxylic acids is 2. The molecule has 0 saturated carbocycles. The Balaban J connectivity index is 1.81. The molecule has 1 aromatic heterocycles. The van der Waals surface area contributed by atoms with Gasteiger partial charge >= 0.3 is 6.09 Å². The first-order chi connectivity index (χ1) is 9.60. The quantitative estimate of drug-likeness (QED) is 0.788. The number of hydrogen-bond acceptors (Lipinski definition) is 6. The zero-order valence-corrected chi connectivity index (χ0v) is 11.7. The topological polar surface area (TPSA) is 88.8 Å². The lowest BCUT2D eigenvalue weighted by Gasteiger charge is -2.33. The Morgan fingerprint density at radius 1 is 1.25 bits per heavy atom. The Hall–Kier alpha value is -2.12. The first-order valence-corrected chi connectivity index (χ1v) is 6.58. The Bertz CT molecular complexity index is 480. The van der Waals surface area contributed by atoms with E-state index in [1.54, 1.807) is 23.6 Å². The molecule has 1 aliphatic rings. The predicted molar refractivity (Wildman–Crippen MR) is 67.9 cm³/mol. The van der Waals surface area contributed by atoms with E-state index in [4.69, 9.17) is 9.26 Å². The van der Waals surface area contributed by atoms with Crippen molar-refractivity contribution in [2.45, 2.75) is 20.3 Å². The molecular formula is C12H18N4O4. The normalized spacial score (nSPS) is 15.3. The van der Waals surface area contributed by atoms with Gasteiger partial charge in [0.2, 0.25) is 11.8 Å². The fourth-order valence-electron chi connectivity index (χ4n) is 2.01. The van der Waals surface area contributed by atoms with Crippen molar-refractivity contribution in [3.8, 4) is 0 Å². The lowest BCUT2D eigenvalue weighted by molar-refractivity contribution is -0.132. The number of aryl methyl sites for hydroxylation is 1. The van der Waals surface area contributed by atoms with Crippen LogP contribution in [0.15, 0.2) is 4.52 Å². The van der Waals surface area contributed by atoms with Crippen LogP contribution >= 0.6 is 0 Å². The molecule has 1 saturated heterocycles. The summed E-state index contributed by atoms with van der Waals surface area (Å²) in [6.45, 7) is 5.76. The summed E-state index contributed by atoms with van der Waals surface area (Å²) in [6.07, 6.45) is -0.204. The number of nitrogens with zero attached hydrogens (tertiary/aromatic N) is 4. The van der Waals surface area contributed by atoms with Crippen molar-refractivity contribution < 1.29 is 18.8 Å². The fourth-order valence-corrected chi connectivity index (χ4v) is 2.01. The van der Waals surface area contributed by atoms with Crippen molar-refractivity contribution in [3.05, 3.63) is 11.7 Å². The van der Waals surface area contributed by atoms with Gasteiger partial charge < -0.3 is 19.1 Å². The molecule has 8 heteroatoms. The smallest absolute Gasteiger partial charge is 0.409 e. The van der Waals surface area contributed by atoms with Crippen LogP contribution in [0.2, 0.25) is 0 Å². The van der Waals surface area contributed by atoms with Crippen LogP contribution < -0.4 is 0 Å². The van der Waals surface area contributed by atoms with E-state index in [1.165, 1.54) is 0 Å². The second kappa shape index (κ2) is 6.36. The molecule has 2 amide bonds. The van der Waals surface area contributed by atoms with E-state index in [0.29, 0.717) is 44.5 Å². The third-order valence-electron chi connectivity index (χ3n) is 3.04. The fraction of sp³-hybridized carbons (Fsp3) is 0.667. The molecule has 0 radical (unpaired) electrons. The van der Waals surface area contributed by atoms with E-state index in [0.717, 1.165) is 0 Å². The molecule has 1 aliphatic heterocycles. The van der Waals surface area contributed by atoms with Gasteiger partial charge in [-0.05, 0) is 6.92 Å². The molecule has 20 heavy (non-hydrogen) atoms. The van der Waals surface area contributed by atoms with Crippen molar-refractivity contribution in [2.24, 2.45) is 0 Å². The summed E-state index contributed by atoms with van der Waals surface area (Å²) in [6, 6.07) is 0. The number of hydrogen-bond donors (Lipinski definition) is 0. The highest BCUT2D eigenvalue weighted by Crippen LogP contribution is 2.06. The predicted octanol–water partition coefficient (Wildman–Crippen LogP) is 0.221. The van der Waals surface area contributed by atoms with Gasteiger partial charge in [0.05, 0.1) is 13.0 Å². The average Bonchev–Trinajstić information content (AvgIpc) is 2.84. The zero-order chi connectivity index (χ0) is 14.5. The van der Waals surface area contributed by atoms with Gasteiger partial charge in [0.1, 0.15) is 0 Å². The number of amides is 2. The van der Waals surface area contributed by atoms with Crippen LogP contribution in [0.4, 0.5) is 4.79 Å². The lowest BCUT2D eigenvalue weighted by Crippen LogP contribution is -2.51. The summed E-state index contributed by atoms with van der Waals surface area (Å²) in [4.78, 5) is 30.9. The van der Waals surface area contributed by atoms with E-state index in [-0.39, 0.29) is 18.4 Å².